The van der Waals surface area contributed by atoms with Gasteiger partial charge in [-0.25, -0.2) is 4.68 Å². The van der Waals surface area contributed by atoms with Crippen molar-refractivity contribution in [2.24, 2.45) is 0 Å². The first-order valence-corrected chi connectivity index (χ1v) is 5.17. The number of rotatable bonds is 3. The molecule has 0 saturated heterocycles. The van der Waals surface area contributed by atoms with E-state index in [0.29, 0.717) is 5.69 Å². The van der Waals surface area contributed by atoms with Gasteiger partial charge in [0.25, 0.3) is 11.2 Å². The zero-order valence-corrected chi connectivity index (χ0v) is 9.21. The van der Waals surface area contributed by atoms with E-state index in [0.717, 1.165) is 12.1 Å². The largest absolute Gasteiger partial charge is 0.295 e. The molecular weight excluding hydrogens is 222 g/mol. The van der Waals surface area contributed by atoms with Gasteiger partial charge in [-0.2, -0.15) is 0 Å². The maximum atomic E-state index is 11.6. The van der Waals surface area contributed by atoms with E-state index in [2.05, 4.69) is 5.10 Å². The second kappa shape index (κ2) is 4.25. The average Bonchev–Trinajstić information content (AvgIpc) is 2.71. The Balaban J connectivity index is 2.42. The molecule has 0 bridgehead atoms. The molecule has 0 amide bonds. The fourth-order valence-electron chi connectivity index (χ4n) is 1.54. The molecule has 0 unspecified atom stereocenters. The molecule has 2 rings (SSSR count). The number of hydrogen-bond acceptors (Lipinski definition) is 3. The topological polar surface area (TPSA) is 80.9 Å². The van der Waals surface area contributed by atoms with Crippen molar-refractivity contribution in [2.45, 2.75) is 13.3 Å². The van der Waals surface area contributed by atoms with E-state index in [-0.39, 0.29) is 11.2 Å². The fraction of sp³-hybridized carbons (Fsp3) is 0.182. The smallest absolute Gasteiger partial charge is 0.271 e. The molecule has 17 heavy (non-hydrogen) atoms. The van der Waals surface area contributed by atoms with Crippen LogP contribution in [0.5, 0.6) is 0 Å². The summed E-state index contributed by atoms with van der Waals surface area (Å²) in [4.78, 5) is 21.6. The number of nitro benzene ring substituents is 1. The van der Waals surface area contributed by atoms with Crippen LogP contribution in [0.1, 0.15) is 12.6 Å². The lowest BCUT2D eigenvalue weighted by Crippen LogP contribution is -2.13. The van der Waals surface area contributed by atoms with E-state index in [1.54, 1.807) is 0 Å². The Morgan fingerprint density at radius 3 is 2.47 bits per heavy atom. The number of hydrogen-bond donors (Lipinski definition) is 1. The van der Waals surface area contributed by atoms with E-state index in [1.807, 2.05) is 6.92 Å². The molecule has 0 aliphatic rings. The van der Waals surface area contributed by atoms with Gasteiger partial charge in [0.2, 0.25) is 0 Å². The van der Waals surface area contributed by atoms with Crippen LogP contribution in [0.4, 0.5) is 5.69 Å². The predicted octanol–water partition coefficient (Wildman–Crippen LogP) is 1.64. The lowest BCUT2D eigenvalue weighted by molar-refractivity contribution is -0.384. The van der Waals surface area contributed by atoms with Gasteiger partial charge in [0, 0.05) is 23.9 Å². The van der Waals surface area contributed by atoms with Gasteiger partial charge in [-0.1, -0.05) is 6.92 Å². The summed E-state index contributed by atoms with van der Waals surface area (Å²) in [6, 6.07) is 7.33. The van der Waals surface area contributed by atoms with Crippen molar-refractivity contribution < 1.29 is 4.92 Å². The van der Waals surface area contributed by atoms with E-state index in [1.165, 1.54) is 35.0 Å². The summed E-state index contributed by atoms with van der Waals surface area (Å²) in [5.74, 6) is 0. The van der Waals surface area contributed by atoms with Gasteiger partial charge >= 0.3 is 0 Å². The van der Waals surface area contributed by atoms with E-state index in [4.69, 9.17) is 0 Å². The molecule has 1 aromatic carbocycles. The van der Waals surface area contributed by atoms with Gasteiger partial charge in [0.1, 0.15) is 0 Å². The fourth-order valence-corrected chi connectivity index (χ4v) is 1.54. The van der Waals surface area contributed by atoms with Gasteiger partial charge in [0.15, 0.2) is 0 Å². The second-order valence-electron chi connectivity index (χ2n) is 3.58. The highest BCUT2D eigenvalue weighted by Gasteiger charge is 2.07. The van der Waals surface area contributed by atoms with Gasteiger partial charge in [-0.15, -0.1) is 0 Å². The van der Waals surface area contributed by atoms with Gasteiger partial charge in [-0.05, 0) is 18.6 Å². The van der Waals surface area contributed by atoms with Crippen molar-refractivity contribution in [3.05, 3.63) is 56.5 Å². The van der Waals surface area contributed by atoms with E-state index >= 15 is 0 Å². The van der Waals surface area contributed by atoms with Crippen molar-refractivity contribution in [3.8, 4) is 5.69 Å². The molecule has 0 aliphatic heterocycles. The highest BCUT2D eigenvalue weighted by Crippen LogP contribution is 2.13. The third-order valence-corrected chi connectivity index (χ3v) is 2.47. The molecule has 0 atom stereocenters. The SMILES string of the molecule is CCc1cc(=O)n(-c2ccc([N+](=O)[O-])cc2)[nH]1. The standard InChI is InChI=1S/C11H11N3O3/c1-2-8-7-11(15)13(12-8)9-3-5-10(6-4-9)14(16)17/h3-7,12H,2H2,1H3. The Kier molecular flexibility index (Phi) is 2.78. The molecular formula is C11H11N3O3. The number of nitrogens with zero attached hydrogens (tertiary/aromatic N) is 2. The zero-order chi connectivity index (χ0) is 12.4. The van der Waals surface area contributed by atoms with Crippen LogP contribution in [0.25, 0.3) is 5.69 Å². The van der Waals surface area contributed by atoms with Crippen LogP contribution in [-0.2, 0) is 6.42 Å². The van der Waals surface area contributed by atoms with Crippen molar-refractivity contribution >= 4 is 5.69 Å². The minimum absolute atomic E-state index is 0.00377. The number of nitrogens with one attached hydrogen (secondary N) is 1. The molecule has 1 aromatic heterocycles. The Bertz CT molecular complexity index is 595. The molecule has 88 valence electrons. The van der Waals surface area contributed by atoms with Crippen LogP contribution >= 0.6 is 0 Å². The molecule has 1 heterocycles. The summed E-state index contributed by atoms with van der Waals surface area (Å²) < 4.78 is 1.36. The van der Waals surface area contributed by atoms with Crippen LogP contribution in [0, 0.1) is 10.1 Å². The number of nitro groups is 1. The Morgan fingerprint density at radius 1 is 1.35 bits per heavy atom. The van der Waals surface area contributed by atoms with Gasteiger partial charge in [-0.3, -0.25) is 20.0 Å². The maximum absolute atomic E-state index is 11.6. The Hall–Kier alpha value is -2.37. The lowest BCUT2D eigenvalue weighted by Gasteiger charge is -2.01. The summed E-state index contributed by atoms with van der Waals surface area (Å²) in [6.45, 7) is 1.94. The predicted molar refractivity (Wildman–Crippen MR) is 62.4 cm³/mol. The first kappa shape index (κ1) is 11.1. The van der Waals surface area contributed by atoms with Crippen LogP contribution in [-0.4, -0.2) is 14.7 Å². The molecule has 0 spiro atoms. The quantitative estimate of drug-likeness (QED) is 0.646. The molecule has 6 nitrogen and oxygen atoms in total. The van der Waals surface area contributed by atoms with Crippen molar-refractivity contribution in [2.75, 3.05) is 0 Å². The van der Waals surface area contributed by atoms with Crippen molar-refractivity contribution in [3.63, 3.8) is 0 Å². The van der Waals surface area contributed by atoms with Crippen LogP contribution in [0.2, 0.25) is 0 Å². The van der Waals surface area contributed by atoms with E-state index < -0.39 is 4.92 Å². The number of aromatic nitrogens is 2. The Labute approximate surface area is 96.6 Å². The normalized spacial score (nSPS) is 10.4. The third-order valence-electron chi connectivity index (χ3n) is 2.47. The zero-order valence-electron chi connectivity index (χ0n) is 9.21. The summed E-state index contributed by atoms with van der Waals surface area (Å²) in [6.07, 6.45) is 0.731. The molecule has 0 saturated carbocycles. The van der Waals surface area contributed by atoms with Crippen LogP contribution in [0.15, 0.2) is 35.1 Å². The first-order chi connectivity index (χ1) is 8.11. The number of non-ortho nitro benzene ring substituents is 1. The van der Waals surface area contributed by atoms with Crippen LogP contribution < -0.4 is 5.56 Å². The molecule has 0 fully saturated rings. The molecule has 1 N–H and O–H groups in total. The summed E-state index contributed by atoms with van der Waals surface area (Å²) in [5.41, 5.74) is 1.24. The molecule has 6 heteroatoms. The maximum Gasteiger partial charge on any atom is 0.271 e. The number of H-pyrrole nitrogens is 1. The minimum Gasteiger partial charge on any atom is -0.295 e. The molecule has 2 aromatic rings. The molecule has 0 radical (unpaired) electrons. The summed E-state index contributed by atoms with van der Waals surface area (Å²) >= 11 is 0. The highest BCUT2D eigenvalue weighted by molar-refractivity contribution is 5.40. The third kappa shape index (κ3) is 2.10. The molecule has 0 aliphatic carbocycles. The van der Waals surface area contributed by atoms with E-state index in [9.17, 15) is 14.9 Å². The highest BCUT2D eigenvalue weighted by atomic mass is 16.6. The van der Waals surface area contributed by atoms with Crippen molar-refractivity contribution in [1.29, 1.82) is 0 Å². The number of benzene rings is 1. The van der Waals surface area contributed by atoms with Crippen LogP contribution in [0.3, 0.4) is 0 Å². The lowest BCUT2D eigenvalue weighted by atomic mass is 10.3. The monoisotopic (exact) mass is 233 g/mol. The first-order valence-electron chi connectivity index (χ1n) is 5.17. The van der Waals surface area contributed by atoms with Gasteiger partial charge in [0.05, 0.1) is 10.6 Å². The average molecular weight is 233 g/mol. The summed E-state index contributed by atoms with van der Waals surface area (Å²) in [7, 11) is 0. The number of aryl methyl sites for hydroxylation is 1. The van der Waals surface area contributed by atoms with Gasteiger partial charge < -0.3 is 0 Å². The number of aromatic amines is 1. The minimum atomic E-state index is -0.473. The second-order valence-corrected chi connectivity index (χ2v) is 3.58. The Morgan fingerprint density at radius 2 is 2.00 bits per heavy atom. The summed E-state index contributed by atoms with van der Waals surface area (Å²) in [5, 5.41) is 13.4. The van der Waals surface area contributed by atoms with Crippen molar-refractivity contribution in [1.82, 2.24) is 9.78 Å².